The van der Waals surface area contributed by atoms with Gasteiger partial charge in [-0.1, -0.05) is 0 Å². The molecular weight excluding hydrogens is 184 g/mol. The predicted molar refractivity (Wildman–Crippen MR) is 42.0 cm³/mol. The van der Waals surface area contributed by atoms with Crippen molar-refractivity contribution in [3.05, 3.63) is 0 Å². The van der Waals surface area contributed by atoms with Crippen LogP contribution in [0, 0.1) is 0 Å². The van der Waals surface area contributed by atoms with E-state index in [2.05, 4.69) is 17.1 Å². The predicted octanol–water partition coefficient (Wildman–Crippen LogP) is -0.723. The summed E-state index contributed by atoms with van der Waals surface area (Å²) in [5.74, 6) is -0.625. The molecule has 0 aliphatic rings. The van der Waals surface area contributed by atoms with E-state index in [0.717, 1.165) is 0 Å². The molecule has 0 rings (SSSR count). The third-order valence-electron chi connectivity index (χ3n) is 0.825. The summed E-state index contributed by atoms with van der Waals surface area (Å²) in [6, 6.07) is 0. The number of rotatable bonds is 3. The summed E-state index contributed by atoms with van der Waals surface area (Å²) in [6.07, 6.45) is 0.675. The highest BCUT2D eigenvalue weighted by atomic mass is 32.1. The number of thiocarbonyl (C=S) groups is 1. The Kier molecular flexibility index (Phi) is 5.84. The Labute approximate surface area is 73.8 Å². The first-order valence-electron chi connectivity index (χ1n) is 3.04. The molecule has 0 heterocycles. The minimum atomic E-state index is -0.625. The third-order valence-corrected chi connectivity index (χ3v) is 1.00. The summed E-state index contributed by atoms with van der Waals surface area (Å²) in [5, 5.41) is 7.90. The van der Waals surface area contributed by atoms with Crippen LogP contribution in [-0.4, -0.2) is 22.6 Å². The van der Waals surface area contributed by atoms with E-state index < -0.39 is 5.97 Å². The molecule has 6 nitrogen and oxygen atoms in total. The van der Waals surface area contributed by atoms with E-state index in [0.29, 0.717) is 6.29 Å². The molecule has 0 aromatic carbocycles. The van der Waals surface area contributed by atoms with Gasteiger partial charge in [-0.3, -0.25) is 5.21 Å². The van der Waals surface area contributed by atoms with Crippen molar-refractivity contribution in [2.75, 3.05) is 0 Å². The van der Waals surface area contributed by atoms with Gasteiger partial charge >= 0.3 is 5.97 Å². The van der Waals surface area contributed by atoms with E-state index >= 15 is 0 Å². The van der Waals surface area contributed by atoms with Gasteiger partial charge < -0.3 is 9.63 Å². The fourth-order valence-corrected chi connectivity index (χ4v) is 0.396. The van der Waals surface area contributed by atoms with Crippen molar-refractivity contribution >= 4 is 29.6 Å². The zero-order valence-corrected chi connectivity index (χ0v) is 6.89. The summed E-state index contributed by atoms with van der Waals surface area (Å²) in [7, 11) is 0. The molecule has 0 aliphatic heterocycles. The van der Waals surface area contributed by atoms with Crippen molar-refractivity contribution in [3.8, 4) is 0 Å². The molecule has 3 N–H and O–H groups in total. The highest BCUT2D eigenvalue weighted by molar-refractivity contribution is 7.80. The monoisotopic (exact) mass is 192 g/mol. The molecule has 0 atom stereocenters. The summed E-state index contributed by atoms with van der Waals surface area (Å²) >= 11 is 4.37. The summed E-state index contributed by atoms with van der Waals surface area (Å²) in [5.41, 5.74) is 3.50. The van der Waals surface area contributed by atoms with E-state index in [9.17, 15) is 9.59 Å². The van der Waals surface area contributed by atoms with Gasteiger partial charge in [0.25, 0.3) is 0 Å². The van der Waals surface area contributed by atoms with Crippen molar-refractivity contribution in [3.63, 3.8) is 0 Å². The first kappa shape index (κ1) is 10.8. The SMILES string of the molecule is O=CCCC(=O)ONC(=S)NO. The van der Waals surface area contributed by atoms with Gasteiger partial charge in [0.15, 0.2) is 0 Å². The number of hydrogen-bond donors (Lipinski definition) is 3. The summed E-state index contributed by atoms with van der Waals surface area (Å²) in [4.78, 5) is 24.7. The highest BCUT2D eigenvalue weighted by Gasteiger charge is 2.02. The lowest BCUT2D eigenvalue weighted by Gasteiger charge is -2.04. The lowest BCUT2D eigenvalue weighted by molar-refractivity contribution is -0.148. The Bertz CT molecular complexity index is 184. The maximum atomic E-state index is 10.6. The number of hydrogen-bond acceptors (Lipinski definition) is 5. The molecule has 0 aromatic rings. The van der Waals surface area contributed by atoms with Crippen molar-refractivity contribution in [2.24, 2.45) is 0 Å². The lowest BCUT2D eigenvalue weighted by atomic mass is 10.3. The standard InChI is InChI=1S/C5H8N2O4S/c8-3-1-2-4(9)11-7-5(12)6-10/h3,10H,1-2H2,(H2,6,7,12). The van der Waals surface area contributed by atoms with Crippen molar-refractivity contribution < 1.29 is 19.6 Å². The van der Waals surface area contributed by atoms with Crippen LogP contribution < -0.4 is 11.0 Å². The topological polar surface area (TPSA) is 87.7 Å². The van der Waals surface area contributed by atoms with Crippen molar-refractivity contribution in [2.45, 2.75) is 12.8 Å². The van der Waals surface area contributed by atoms with Crippen LogP contribution in [0.2, 0.25) is 0 Å². The second kappa shape index (κ2) is 6.50. The average molecular weight is 192 g/mol. The van der Waals surface area contributed by atoms with E-state index in [-0.39, 0.29) is 18.0 Å². The highest BCUT2D eigenvalue weighted by Crippen LogP contribution is 1.86. The molecule has 0 spiro atoms. The Morgan fingerprint density at radius 2 is 2.33 bits per heavy atom. The van der Waals surface area contributed by atoms with Gasteiger partial charge in [0.2, 0.25) is 5.11 Å². The summed E-state index contributed by atoms with van der Waals surface area (Å²) < 4.78 is 0. The van der Waals surface area contributed by atoms with Crippen molar-refractivity contribution in [1.82, 2.24) is 11.0 Å². The van der Waals surface area contributed by atoms with Gasteiger partial charge in [0, 0.05) is 6.42 Å². The lowest BCUT2D eigenvalue weighted by Crippen LogP contribution is -2.34. The minimum Gasteiger partial charge on any atom is -0.341 e. The molecule has 0 amide bonds. The minimum absolute atomic E-state index is 0.0233. The summed E-state index contributed by atoms with van der Waals surface area (Å²) in [6.45, 7) is 0. The van der Waals surface area contributed by atoms with Crippen LogP contribution in [0.1, 0.15) is 12.8 Å². The Morgan fingerprint density at radius 1 is 1.67 bits per heavy atom. The number of carbonyl (C=O) groups is 2. The van der Waals surface area contributed by atoms with E-state index in [1.165, 1.54) is 0 Å². The molecule has 0 aromatic heterocycles. The van der Waals surface area contributed by atoms with Gasteiger partial charge in [0.05, 0.1) is 6.42 Å². The largest absolute Gasteiger partial charge is 0.341 e. The molecule has 0 radical (unpaired) electrons. The zero-order valence-electron chi connectivity index (χ0n) is 6.07. The maximum absolute atomic E-state index is 10.6. The van der Waals surface area contributed by atoms with Crippen LogP contribution in [0.4, 0.5) is 0 Å². The van der Waals surface area contributed by atoms with Gasteiger partial charge in [-0.15, -0.1) is 0 Å². The molecular formula is C5H8N2O4S. The Balaban J connectivity index is 3.43. The van der Waals surface area contributed by atoms with Crippen molar-refractivity contribution in [1.29, 1.82) is 0 Å². The van der Waals surface area contributed by atoms with Crippen LogP contribution in [0.5, 0.6) is 0 Å². The normalized spacial score (nSPS) is 8.42. The van der Waals surface area contributed by atoms with Crippen LogP contribution in [0.3, 0.4) is 0 Å². The molecule has 0 aliphatic carbocycles. The van der Waals surface area contributed by atoms with E-state index in [1.807, 2.05) is 5.48 Å². The first-order valence-corrected chi connectivity index (χ1v) is 3.45. The number of nitrogens with one attached hydrogen (secondary N) is 2. The van der Waals surface area contributed by atoms with Gasteiger partial charge in [-0.2, -0.15) is 5.48 Å². The third kappa shape index (κ3) is 5.57. The van der Waals surface area contributed by atoms with Crippen LogP contribution in [0.15, 0.2) is 0 Å². The molecule has 68 valence electrons. The maximum Gasteiger partial charge on any atom is 0.332 e. The second-order valence-electron chi connectivity index (χ2n) is 1.72. The van der Waals surface area contributed by atoms with E-state index in [1.54, 1.807) is 5.48 Å². The number of hydroxylamine groups is 2. The fourth-order valence-electron chi connectivity index (χ4n) is 0.354. The molecule has 0 unspecified atom stereocenters. The van der Waals surface area contributed by atoms with Crippen LogP contribution in [0.25, 0.3) is 0 Å². The quantitative estimate of drug-likeness (QED) is 0.309. The molecule has 0 fully saturated rings. The van der Waals surface area contributed by atoms with Gasteiger partial charge in [-0.05, 0) is 12.2 Å². The Morgan fingerprint density at radius 3 is 2.83 bits per heavy atom. The smallest absolute Gasteiger partial charge is 0.332 e. The molecule has 0 saturated carbocycles. The zero-order chi connectivity index (χ0) is 9.40. The van der Waals surface area contributed by atoms with E-state index in [4.69, 9.17) is 5.21 Å². The first-order chi connectivity index (χ1) is 5.70. The molecule has 0 saturated heterocycles. The molecule has 0 bridgehead atoms. The van der Waals surface area contributed by atoms with Gasteiger partial charge in [-0.25, -0.2) is 10.3 Å². The second-order valence-corrected chi connectivity index (χ2v) is 2.13. The van der Waals surface area contributed by atoms with Crippen LogP contribution in [-0.2, 0) is 14.4 Å². The number of aldehydes is 1. The number of carbonyl (C=O) groups excluding carboxylic acids is 2. The Hall–Kier alpha value is -1.21. The average Bonchev–Trinajstić information content (AvgIpc) is 2.10. The van der Waals surface area contributed by atoms with Crippen LogP contribution >= 0.6 is 12.2 Å². The molecule has 7 heteroatoms. The van der Waals surface area contributed by atoms with Gasteiger partial charge in [0.1, 0.15) is 6.29 Å². The molecule has 12 heavy (non-hydrogen) atoms. The fraction of sp³-hybridized carbons (Fsp3) is 0.400.